The molecule has 3 heteroatoms. The van der Waals surface area contributed by atoms with Crippen LogP contribution in [0.4, 0.5) is 5.69 Å². The van der Waals surface area contributed by atoms with Gasteiger partial charge in [0.25, 0.3) is 0 Å². The number of anilines is 1. The number of allylic oxidation sites excluding steroid dienone is 2. The first-order chi connectivity index (χ1) is 9.00. The van der Waals surface area contributed by atoms with E-state index in [-0.39, 0.29) is 5.91 Å². The molecule has 0 saturated heterocycles. The Labute approximate surface area is 115 Å². The minimum atomic E-state index is 0.135. The van der Waals surface area contributed by atoms with Gasteiger partial charge in [-0.25, -0.2) is 0 Å². The molecule has 1 aromatic carbocycles. The lowest BCUT2D eigenvalue weighted by Crippen LogP contribution is -2.37. The van der Waals surface area contributed by atoms with Crippen molar-refractivity contribution in [2.24, 2.45) is 0 Å². The standard InChI is InChI=1S/C16H22N2O/c1-12-9-10-14-7-5-6-8-15(14)18(13(12)2)16(19)11-17(3)4/h5-8H,9-11H2,1-4H3. The molecule has 0 radical (unpaired) electrons. The highest BCUT2D eigenvalue weighted by atomic mass is 16.2. The molecule has 1 aromatic rings. The molecule has 3 nitrogen and oxygen atoms in total. The average Bonchev–Trinajstić information content (AvgIpc) is 2.47. The van der Waals surface area contributed by atoms with Crippen molar-refractivity contribution in [2.45, 2.75) is 26.7 Å². The molecule has 0 fully saturated rings. The molecule has 19 heavy (non-hydrogen) atoms. The molecule has 0 N–H and O–H groups in total. The Hall–Kier alpha value is -1.61. The second kappa shape index (κ2) is 5.57. The highest BCUT2D eigenvalue weighted by Crippen LogP contribution is 2.31. The zero-order chi connectivity index (χ0) is 14.0. The maximum absolute atomic E-state index is 12.5. The van der Waals surface area contributed by atoms with Crippen LogP contribution in [0.1, 0.15) is 25.8 Å². The Morgan fingerprint density at radius 2 is 1.89 bits per heavy atom. The quantitative estimate of drug-likeness (QED) is 0.814. The zero-order valence-corrected chi connectivity index (χ0v) is 12.2. The lowest BCUT2D eigenvalue weighted by Gasteiger charge is -2.26. The molecule has 0 saturated carbocycles. The van der Waals surface area contributed by atoms with Crippen LogP contribution in [-0.4, -0.2) is 31.4 Å². The van der Waals surface area contributed by atoms with Crippen LogP contribution in [-0.2, 0) is 11.2 Å². The summed E-state index contributed by atoms with van der Waals surface area (Å²) < 4.78 is 0. The zero-order valence-electron chi connectivity index (χ0n) is 12.2. The number of hydrogen-bond donors (Lipinski definition) is 0. The molecular weight excluding hydrogens is 236 g/mol. The molecule has 1 aliphatic rings. The molecule has 1 amide bonds. The van der Waals surface area contributed by atoms with Gasteiger partial charge < -0.3 is 4.90 Å². The largest absolute Gasteiger partial charge is 0.301 e. The number of benzene rings is 1. The van der Waals surface area contributed by atoms with Gasteiger partial charge in [-0.2, -0.15) is 0 Å². The maximum atomic E-state index is 12.5. The number of nitrogens with zero attached hydrogens (tertiary/aromatic N) is 2. The molecule has 1 heterocycles. The van der Waals surface area contributed by atoms with Crippen LogP contribution < -0.4 is 4.90 Å². The lowest BCUT2D eigenvalue weighted by molar-refractivity contribution is -0.118. The second-order valence-electron chi connectivity index (χ2n) is 5.46. The van der Waals surface area contributed by atoms with Crippen molar-refractivity contribution < 1.29 is 4.79 Å². The number of carbonyl (C=O) groups is 1. The van der Waals surface area contributed by atoms with Gasteiger partial charge in [0.05, 0.1) is 12.2 Å². The van der Waals surface area contributed by atoms with E-state index in [1.54, 1.807) is 0 Å². The predicted octanol–water partition coefficient (Wildman–Crippen LogP) is 2.82. The smallest absolute Gasteiger partial charge is 0.245 e. The third-order valence-electron chi connectivity index (χ3n) is 3.66. The van der Waals surface area contributed by atoms with Gasteiger partial charge in [-0.15, -0.1) is 0 Å². The van der Waals surface area contributed by atoms with E-state index in [0.29, 0.717) is 6.54 Å². The fraction of sp³-hybridized carbons (Fsp3) is 0.438. The number of rotatable bonds is 2. The van der Waals surface area contributed by atoms with Gasteiger partial charge in [-0.3, -0.25) is 9.69 Å². The molecule has 2 rings (SSSR count). The number of hydrogen-bond acceptors (Lipinski definition) is 2. The van der Waals surface area contributed by atoms with E-state index in [1.165, 1.54) is 11.1 Å². The summed E-state index contributed by atoms with van der Waals surface area (Å²) in [6, 6.07) is 8.22. The van der Waals surface area contributed by atoms with Crippen LogP contribution >= 0.6 is 0 Å². The third kappa shape index (κ3) is 2.87. The van der Waals surface area contributed by atoms with Crippen LogP contribution in [0, 0.1) is 0 Å². The highest BCUT2D eigenvalue weighted by Gasteiger charge is 2.24. The fourth-order valence-electron chi connectivity index (χ4n) is 2.48. The first kappa shape index (κ1) is 13.8. The molecule has 0 bridgehead atoms. The van der Waals surface area contributed by atoms with Crippen LogP contribution in [0.5, 0.6) is 0 Å². The van der Waals surface area contributed by atoms with Gasteiger partial charge in [0.2, 0.25) is 5.91 Å². The van der Waals surface area contributed by atoms with Crippen LogP contribution in [0.2, 0.25) is 0 Å². The van der Waals surface area contributed by atoms with Crippen LogP contribution in [0.25, 0.3) is 0 Å². The van der Waals surface area contributed by atoms with Gasteiger partial charge in [0.15, 0.2) is 0 Å². The molecule has 102 valence electrons. The number of likely N-dealkylation sites (N-methyl/N-ethyl adjacent to an activating group) is 1. The summed E-state index contributed by atoms with van der Waals surface area (Å²) in [5.41, 5.74) is 4.68. The SMILES string of the molecule is CC1=C(C)N(C(=O)CN(C)C)c2ccccc2CC1. The molecule has 0 atom stereocenters. The van der Waals surface area contributed by atoms with Crippen LogP contribution in [0.3, 0.4) is 0 Å². The number of carbonyl (C=O) groups excluding carboxylic acids is 1. The van der Waals surface area contributed by atoms with Crippen molar-refractivity contribution in [2.75, 3.05) is 25.5 Å². The number of para-hydroxylation sites is 1. The minimum absolute atomic E-state index is 0.135. The van der Waals surface area contributed by atoms with Crippen molar-refractivity contribution in [3.05, 3.63) is 41.1 Å². The van der Waals surface area contributed by atoms with Crippen molar-refractivity contribution in [1.29, 1.82) is 0 Å². The Morgan fingerprint density at radius 3 is 2.58 bits per heavy atom. The van der Waals surface area contributed by atoms with Gasteiger partial charge >= 0.3 is 0 Å². The number of fused-ring (bicyclic) bond motifs is 1. The van der Waals surface area contributed by atoms with E-state index in [4.69, 9.17) is 0 Å². The summed E-state index contributed by atoms with van der Waals surface area (Å²) in [5.74, 6) is 0.135. The first-order valence-electron chi connectivity index (χ1n) is 6.72. The number of aryl methyl sites for hydroxylation is 1. The Bertz CT molecular complexity index is 517. The highest BCUT2D eigenvalue weighted by molar-refractivity contribution is 5.98. The van der Waals surface area contributed by atoms with E-state index in [0.717, 1.165) is 24.2 Å². The van der Waals surface area contributed by atoms with Crippen molar-refractivity contribution >= 4 is 11.6 Å². The monoisotopic (exact) mass is 258 g/mol. The maximum Gasteiger partial charge on any atom is 0.245 e. The summed E-state index contributed by atoms with van der Waals surface area (Å²) in [6.07, 6.45) is 2.03. The van der Waals surface area contributed by atoms with Gasteiger partial charge in [-0.05, 0) is 52.4 Å². The van der Waals surface area contributed by atoms with E-state index in [1.807, 2.05) is 49.0 Å². The van der Waals surface area contributed by atoms with Gasteiger partial charge in [0.1, 0.15) is 0 Å². The average molecular weight is 258 g/mol. The van der Waals surface area contributed by atoms with E-state index in [9.17, 15) is 4.79 Å². The summed E-state index contributed by atoms with van der Waals surface area (Å²) in [6.45, 7) is 4.60. The topological polar surface area (TPSA) is 23.6 Å². The van der Waals surface area contributed by atoms with Crippen LogP contribution in [0.15, 0.2) is 35.5 Å². The van der Waals surface area contributed by atoms with E-state index in [2.05, 4.69) is 13.0 Å². The summed E-state index contributed by atoms with van der Waals surface area (Å²) in [4.78, 5) is 16.3. The number of amides is 1. The van der Waals surface area contributed by atoms with Crippen molar-refractivity contribution in [3.8, 4) is 0 Å². The van der Waals surface area contributed by atoms with E-state index >= 15 is 0 Å². The third-order valence-corrected chi connectivity index (χ3v) is 3.66. The molecular formula is C16H22N2O. The first-order valence-corrected chi connectivity index (χ1v) is 6.72. The van der Waals surface area contributed by atoms with Gasteiger partial charge in [0, 0.05) is 5.70 Å². The van der Waals surface area contributed by atoms with Crippen molar-refractivity contribution in [3.63, 3.8) is 0 Å². The predicted molar refractivity (Wildman–Crippen MR) is 79.2 cm³/mol. The minimum Gasteiger partial charge on any atom is -0.301 e. The normalized spacial score (nSPS) is 15.5. The Kier molecular flexibility index (Phi) is 4.05. The van der Waals surface area contributed by atoms with Crippen molar-refractivity contribution in [1.82, 2.24) is 4.90 Å². The van der Waals surface area contributed by atoms with Gasteiger partial charge in [-0.1, -0.05) is 23.8 Å². The molecule has 0 aromatic heterocycles. The Balaban J connectivity index is 2.46. The Morgan fingerprint density at radius 1 is 1.21 bits per heavy atom. The molecule has 0 aliphatic carbocycles. The summed E-state index contributed by atoms with van der Waals surface area (Å²) in [7, 11) is 3.85. The molecule has 0 spiro atoms. The lowest BCUT2D eigenvalue weighted by atomic mass is 10.1. The fourth-order valence-corrected chi connectivity index (χ4v) is 2.48. The second-order valence-corrected chi connectivity index (χ2v) is 5.46. The molecule has 1 aliphatic heterocycles. The van der Waals surface area contributed by atoms with E-state index < -0.39 is 0 Å². The molecule has 0 unspecified atom stereocenters. The summed E-state index contributed by atoms with van der Waals surface area (Å²) in [5, 5.41) is 0. The summed E-state index contributed by atoms with van der Waals surface area (Å²) >= 11 is 0.